The van der Waals surface area contributed by atoms with E-state index in [0.29, 0.717) is 6.04 Å². The third-order valence-corrected chi connectivity index (χ3v) is 3.18. The largest absolute Gasteiger partial charge is 0.363 e. The highest BCUT2D eigenvalue weighted by Crippen LogP contribution is 2.08. The highest BCUT2D eigenvalue weighted by Gasteiger charge is 2.13. The van der Waals surface area contributed by atoms with Gasteiger partial charge in [-0.3, -0.25) is 0 Å². The third-order valence-electron chi connectivity index (χ3n) is 2.03. The minimum Gasteiger partial charge on any atom is -0.363 e. The predicted octanol–water partition coefficient (Wildman–Crippen LogP) is 1.95. The molecule has 0 aliphatic heterocycles. The fraction of sp³-hybridized carbons (Fsp3) is 0.889. The average molecular weight is 220 g/mol. The fourth-order valence-corrected chi connectivity index (χ4v) is 2.28. The van der Waals surface area contributed by atoms with Crippen molar-refractivity contribution in [2.24, 2.45) is 0 Å². The summed E-state index contributed by atoms with van der Waals surface area (Å²) in [5, 5.41) is 4.03. The molecule has 1 atom stereocenters. The van der Waals surface area contributed by atoms with E-state index in [9.17, 15) is 0 Å². The van der Waals surface area contributed by atoms with Crippen LogP contribution in [0.5, 0.6) is 0 Å². The molecule has 0 heterocycles. The minimum absolute atomic E-state index is 0.557. The van der Waals surface area contributed by atoms with Crippen LogP contribution in [0.3, 0.4) is 0 Å². The zero-order valence-electron chi connectivity index (χ0n) is 8.96. The second-order valence-electron chi connectivity index (χ2n) is 2.96. The molecule has 2 nitrogen and oxygen atoms in total. The molecule has 1 unspecified atom stereocenters. The second kappa shape index (κ2) is 7.44. The van der Waals surface area contributed by atoms with Crippen LogP contribution < -0.4 is 5.32 Å². The van der Waals surface area contributed by atoms with Crippen LogP contribution in [0.25, 0.3) is 0 Å². The van der Waals surface area contributed by atoms with Gasteiger partial charge in [0.05, 0.1) is 0 Å². The van der Waals surface area contributed by atoms with Crippen molar-refractivity contribution >= 4 is 29.1 Å². The number of hydrogen-bond donors (Lipinski definition) is 1. The number of nitrogens with zero attached hydrogens (tertiary/aromatic N) is 1. The van der Waals surface area contributed by atoms with Gasteiger partial charge in [-0.2, -0.15) is 11.8 Å². The first-order valence-corrected chi connectivity index (χ1v) is 6.47. The van der Waals surface area contributed by atoms with Gasteiger partial charge in [0, 0.05) is 25.4 Å². The summed E-state index contributed by atoms with van der Waals surface area (Å²) in [6.45, 7) is 5.17. The molecule has 78 valence electrons. The molecule has 0 rings (SSSR count). The molecule has 0 bridgehead atoms. The summed E-state index contributed by atoms with van der Waals surface area (Å²) in [5.74, 6) is 1.14. The van der Waals surface area contributed by atoms with Gasteiger partial charge in [0.1, 0.15) is 0 Å². The molecule has 0 fully saturated rings. The number of hydrogen-bond acceptors (Lipinski definition) is 2. The van der Waals surface area contributed by atoms with E-state index < -0.39 is 0 Å². The maximum atomic E-state index is 5.24. The molecular weight excluding hydrogens is 200 g/mol. The third kappa shape index (κ3) is 4.72. The van der Waals surface area contributed by atoms with Gasteiger partial charge in [0.15, 0.2) is 5.11 Å². The van der Waals surface area contributed by atoms with E-state index in [2.05, 4.69) is 37.4 Å². The molecule has 0 saturated heterocycles. The lowest BCUT2D eigenvalue weighted by Crippen LogP contribution is -2.44. The lowest BCUT2D eigenvalue weighted by Gasteiger charge is -2.29. The number of thiocarbonyl (C=S) groups is 1. The van der Waals surface area contributed by atoms with E-state index in [1.165, 1.54) is 0 Å². The highest BCUT2D eigenvalue weighted by atomic mass is 32.2. The Morgan fingerprint density at radius 3 is 2.54 bits per heavy atom. The van der Waals surface area contributed by atoms with E-state index in [4.69, 9.17) is 12.2 Å². The summed E-state index contributed by atoms with van der Waals surface area (Å²) < 4.78 is 0. The molecule has 0 spiro atoms. The molecule has 0 aromatic rings. The van der Waals surface area contributed by atoms with Crippen LogP contribution in [0.1, 0.15) is 20.3 Å². The minimum atomic E-state index is 0.557. The van der Waals surface area contributed by atoms with E-state index in [-0.39, 0.29) is 0 Å². The molecule has 0 saturated carbocycles. The maximum absolute atomic E-state index is 5.24. The monoisotopic (exact) mass is 220 g/mol. The summed E-state index contributed by atoms with van der Waals surface area (Å²) in [7, 11) is 2.06. The van der Waals surface area contributed by atoms with Crippen molar-refractivity contribution in [2.45, 2.75) is 26.3 Å². The summed E-state index contributed by atoms with van der Waals surface area (Å²) in [5.41, 5.74) is 0. The average Bonchev–Trinajstić information content (AvgIpc) is 2.13. The Bertz CT molecular complexity index is 151. The van der Waals surface area contributed by atoms with E-state index >= 15 is 0 Å². The second-order valence-corrected chi connectivity index (χ2v) is 4.26. The Morgan fingerprint density at radius 1 is 1.54 bits per heavy atom. The van der Waals surface area contributed by atoms with Crippen LogP contribution in [0.15, 0.2) is 0 Å². The standard InChI is InChI=1S/C9H20N2S2/c1-5-8(7-13-4)11(3)9(12)10-6-2/h8H,5-7H2,1-4H3,(H,10,12). The molecule has 0 aromatic heterocycles. The Balaban J connectivity index is 4.02. The first kappa shape index (κ1) is 13.0. The van der Waals surface area contributed by atoms with Crippen LogP contribution in [0, 0.1) is 0 Å². The van der Waals surface area contributed by atoms with Crippen LogP contribution >= 0.6 is 24.0 Å². The Kier molecular flexibility index (Phi) is 7.47. The summed E-state index contributed by atoms with van der Waals surface area (Å²) in [4.78, 5) is 2.16. The van der Waals surface area contributed by atoms with Crippen molar-refractivity contribution in [1.29, 1.82) is 0 Å². The van der Waals surface area contributed by atoms with Crippen LogP contribution in [0.4, 0.5) is 0 Å². The molecule has 1 N–H and O–H groups in total. The molecule has 13 heavy (non-hydrogen) atoms. The van der Waals surface area contributed by atoms with Crippen molar-refractivity contribution in [1.82, 2.24) is 10.2 Å². The van der Waals surface area contributed by atoms with Gasteiger partial charge >= 0.3 is 0 Å². The fourth-order valence-electron chi connectivity index (χ4n) is 1.14. The summed E-state index contributed by atoms with van der Waals surface area (Å²) >= 11 is 7.11. The quantitative estimate of drug-likeness (QED) is 0.712. The van der Waals surface area contributed by atoms with Gasteiger partial charge in [-0.05, 0) is 31.8 Å². The van der Waals surface area contributed by atoms with E-state index in [1.54, 1.807) is 0 Å². The summed E-state index contributed by atoms with van der Waals surface area (Å²) in [6.07, 6.45) is 3.27. The molecular formula is C9H20N2S2. The van der Waals surface area contributed by atoms with Gasteiger partial charge < -0.3 is 10.2 Å². The molecule has 0 aromatic carbocycles. The first-order chi connectivity index (χ1) is 6.17. The molecule has 4 heteroatoms. The molecule has 0 radical (unpaired) electrons. The van der Waals surface area contributed by atoms with Crippen molar-refractivity contribution in [3.63, 3.8) is 0 Å². The molecule has 0 amide bonds. The smallest absolute Gasteiger partial charge is 0.168 e. The van der Waals surface area contributed by atoms with Crippen LogP contribution in [-0.4, -0.2) is 41.7 Å². The molecule has 0 aliphatic carbocycles. The van der Waals surface area contributed by atoms with Crippen molar-refractivity contribution in [3.8, 4) is 0 Å². The number of rotatable bonds is 5. The topological polar surface area (TPSA) is 15.3 Å². The SMILES string of the molecule is CCNC(=S)N(C)C(CC)CSC. The first-order valence-electron chi connectivity index (χ1n) is 4.66. The Labute approximate surface area is 91.5 Å². The van der Waals surface area contributed by atoms with Crippen molar-refractivity contribution in [2.75, 3.05) is 25.6 Å². The lowest BCUT2D eigenvalue weighted by molar-refractivity contribution is 0.381. The summed E-state index contributed by atoms with van der Waals surface area (Å²) in [6, 6.07) is 0.557. The Morgan fingerprint density at radius 2 is 2.15 bits per heavy atom. The van der Waals surface area contributed by atoms with Gasteiger partial charge in [-0.25, -0.2) is 0 Å². The van der Waals surface area contributed by atoms with Gasteiger partial charge in [-0.15, -0.1) is 0 Å². The Hall–Kier alpha value is 0.0400. The zero-order chi connectivity index (χ0) is 10.3. The van der Waals surface area contributed by atoms with Crippen LogP contribution in [0.2, 0.25) is 0 Å². The van der Waals surface area contributed by atoms with Gasteiger partial charge in [0.2, 0.25) is 0 Å². The maximum Gasteiger partial charge on any atom is 0.168 e. The molecule has 0 aliphatic rings. The van der Waals surface area contributed by atoms with E-state index in [0.717, 1.165) is 23.8 Å². The van der Waals surface area contributed by atoms with E-state index in [1.807, 2.05) is 11.8 Å². The lowest BCUT2D eigenvalue weighted by atomic mass is 10.2. The van der Waals surface area contributed by atoms with Gasteiger partial charge in [0.25, 0.3) is 0 Å². The normalized spacial score (nSPS) is 12.3. The number of nitrogens with one attached hydrogen (secondary N) is 1. The highest BCUT2D eigenvalue weighted by molar-refractivity contribution is 7.98. The number of thioether (sulfide) groups is 1. The zero-order valence-corrected chi connectivity index (χ0v) is 10.6. The van der Waals surface area contributed by atoms with Gasteiger partial charge in [-0.1, -0.05) is 6.92 Å². The van der Waals surface area contributed by atoms with Crippen molar-refractivity contribution in [3.05, 3.63) is 0 Å². The predicted molar refractivity (Wildman–Crippen MR) is 66.5 cm³/mol. The van der Waals surface area contributed by atoms with Crippen LogP contribution in [-0.2, 0) is 0 Å². The van der Waals surface area contributed by atoms with Crippen molar-refractivity contribution < 1.29 is 0 Å².